The van der Waals surface area contributed by atoms with E-state index in [2.05, 4.69) is 31.2 Å². The van der Waals surface area contributed by atoms with Crippen molar-refractivity contribution in [2.24, 2.45) is 0 Å². The average Bonchev–Trinajstić information content (AvgIpc) is 2.97. The highest BCUT2D eigenvalue weighted by atomic mass is 32.2. The summed E-state index contributed by atoms with van der Waals surface area (Å²) in [6, 6.07) is 11.8. The van der Waals surface area contributed by atoms with Gasteiger partial charge in [0, 0.05) is 19.8 Å². The van der Waals surface area contributed by atoms with Crippen molar-refractivity contribution in [3.63, 3.8) is 0 Å². The van der Waals surface area contributed by atoms with Gasteiger partial charge in [-0.15, -0.1) is 11.8 Å². The summed E-state index contributed by atoms with van der Waals surface area (Å²) < 4.78 is 30.4. The topological polar surface area (TPSA) is 50.5 Å². The molecule has 0 saturated heterocycles. The maximum atomic E-state index is 11.9. The lowest BCUT2D eigenvalue weighted by atomic mass is 10.1. The van der Waals surface area contributed by atoms with Crippen LogP contribution in [-0.4, -0.2) is 26.8 Å². The Morgan fingerprint density at radius 2 is 1.64 bits per heavy atom. The number of hydrogen-bond donors (Lipinski definition) is 0. The lowest BCUT2D eigenvalue weighted by Crippen LogP contribution is -2.21. The van der Waals surface area contributed by atoms with Crippen LogP contribution in [0.2, 0.25) is 0 Å². The van der Waals surface area contributed by atoms with E-state index in [1.807, 2.05) is 0 Å². The van der Waals surface area contributed by atoms with E-state index in [0.29, 0.717) is 11.5 Å². The molecule has 0 atom stereocenters. The van der Waals surface area contributed by atoms with E-state index in [0.717, 1.165) is 16.5 Å². The van der Waals surface area contributed by atoms with Crippen molar-refractivity contribution in [2.45, 2.75) is 29.9 Å². The molecular weight excluding hydrogens is 318 g/mol. The number of rotatable bonds is 7. The third-order valence-corrected chi connectivity index (χ3v) is 6.03. The first-order valence-electron chi connectivity index (χ1n) is 7.10. The fourth-order valence-corrected chi connectivity index (χ4v) is 3.59. The van der Waals surface area contributed by atoms with Crippen molar-refractivity contribution in [1.82, 2.24) is 4.31 Å². The van der Waals surface area contributed by atoms with Gasteiger partial charge in [0.1, 0.15) is 5.76 Å². The number of sulfonamides is 1. The molecule has 0 saturated carbocycles. The molecule has 0 aliphatic heterocycles. The number of furan rings is 1. The van der Waals surface area contributed by atoms with Gasteiger partial charge >= 0.3 is 0 Å². The number of benzene rings is 1. The molecule has 0 bridgehead atoms. The minimum atomic E-state index is -3.48. The van der Waals surface area contributed by atoms with Gasteiger partial charge in [0.25, 0.3) is 10.0 Å². The molecule has 22 heavy (non-hydrogen) atoms. The molecule has 0 radical (unpaired) electrons. The molecule has 0 aliphatic carbocycles. The molecule has 2 rings (SSSR count). The molecule has 1 heterocycles. The summed E-state index contributed by atoms with van der Waals surface area (Å²) in [6.45, 7) is 2.14. The maximum absolute atomic E-state index is 11.9. The Balaban J connectivity index is 1.91. The zero-order valence-corrected chi connectivity index (χ0v) is 14.7. The van der Waals surface area contributed by atoms with Crippen molar-refractivity contribution in [1.29, 1.82) is 0 Å². The van der Waals surface area contributed by atoms with Crippen LogP contribution < -0.4 is 0 Å². The van der Waals surface area contributed by atoms with Gasteiger partial charge in [-0.2, -0.15) is 0 Å². The Labute approximate surface area is 136 Å². The van der Waals surface area contributed by atoms with Crippen molar-refractivity contribution in [3.05, 3.63) is 53.3 Å². The van der Waals surface area contributed by atoms with Gasteiger partial charge < -0.3 is 4.42 Å². The van der Waals surface area contributed by atoms with Crippen LogP contribution in [-0.2, 0) is 27.9 Å². The first-order chi connectivity index (χ1) is 10.4. The highest BCUT2D eigenvalue weighted by Crippen LogP contribution is 2.22. The van der Waals surface area contributed by atoms with Crippen LogP contribution in [0.4, 0.5) is 0 Å². The lowest BCUT2D eigenvalue weighted by Gasteiger charge is -2.07. The summed E-state index contributed by atoms with van der Waals surface area (Å²) in [4.78, 5) is 0. The molecule has 1 aromatic heterocycles. The largest absolute Gasteiger partial charge is 0.447 e. The van der Waals surface area contributed by atoms with Gasteiger partial charge in [-0.3, -0.25) is 0 Å². The van der Waals surface area contributed by atoms with Crippen molar-refractivity contribution >= 4 is 21.8 Å². The predicted octanol–water partition coefficient (Wildman–Crippen LogP) is 3.53. The van der Waals surface area contributed by atoms with E-state index >= 15 is 0 Å². The maximum Gasteiger partial charge on any atom is 0.275 e. The van der Waals surface area contributed by atoms with E-state index in [-0.39, 0.29) is 5.09 Å². The molecule has 0 spiro atoms. The van der Waals surface area contributed by atoms with Crippen LogP contribution in [0.3, 0.4) is 0 Å². The van der Waals surface area contributed by atoms with Crippen LogP contribution in [0.1, 0.15) is 23.8 Å². The minimum absolute atomic E-state index is 0.000369. The number of aryl methyl sites for hydroxylation is 1. The van der Waals surface area contributed by atoms with Gasteiger partial charge in [0.15, 0.2) is 0 Å². The van der Waals surface area contributed by atoms with Crippen LogP contribution in [0, 0.1) is 0 Å². The smallest absolute Gasteiger partial charge is 0.275 e. The van der Waals surface area contributed by atoms with Gasteiger partial charge in [-0.25, -0.2) is 12.7 Å². The Morgan fingerprint density at radius 1 is 1.00 bits per heavy atom. The molecular formula is C16H21NO3S2. The van der Waals surface area contributed by atoms with E-state index < -0.39 is 10.0 Å². The standard InChI is InChI=1S/C16H21NO3S2/c1-4-13-5-7-14(8-6-13)11-21-12-15-9-10-16(20-15)22(18,19)17(2)3/h5-10H,4,11-12H2,1-3H3. The van der Waals surface area contributed by atoms with Crippen molar-refractivity contribution < 1.29 is 12.8 Å². The minimum Gasteiger partial charge on any atom is -0.447 e. The van der Waals surface area contributed by atoms with Crippen LogP contribution in [0.15, 0.2) is 45.9 Å². The van der Waals surface area contributed by atoms with Gasteiger partial charge in [-0.1, -0.05) is 31.2 Å². The summed E-state index contributed by atoms with van der Waals surface area (Å²) in [5, 5.41) is 0.000369. The highest BCUT2D eigenvalue weighted by molar-refractivity contribution is 7.97. The molecule has 4 nitrogen and oxygen atoms in total. The highest BCUT2D eigenvalue weighted by Gasteiger charge is 2.21. The zero-order chi connectivity index (χ0) is 16.2. The van der Waals surface area contributed by atoms with Gasteiger partial charge in [-0.05, 0) is 29.7 Å². The summed E-state index contributed by atoms with van der Waals surface area (Å²) in [5.74, 6) is 2.20. The van der Waals surface area contributed by atoms with E-state index in [1.54, 1.807) is 17.8 Å². The molecule has 0 fully saturated rings. The number of thioether (sulfide) groups is 1. The zero-order valence-electron chi connectivity index (χ0n) is 13.1. The molecule has 6 heteroatoms. The van der Waals surface area contributed by atoms with E-state index in [4.69, 9.17) is 4.42 Å². The summed E-state index contributed by atoms with van der Waals surface area (Å²) in [7, 11) is -0.499. The van der Waals surface area contributed by atoms with Crippen LogP contribution in [0.25, 0.3) is 0 Å². The number of hydrogen-bond acceptors (Lipinski definition) is 4. The Kier molecular flexibility index (Phi) is 5.72. The Morgan fingerprint density at radius 3 is 2.23 bits per heavy atom. The third-order valence-electron chi connectivity index (χ3n) is 3.32. The van der Waals surface area contributed by atoms with Gasteiger partial charge in [0.2, 0.25) is 5.09 Å². The second-order valence-electron chi connectivity index (χ2n) is 5.17. The SMILES string of the molecule is CCc1ccc(CSCc2ccc(S(=O)(=O)N(C)C)o2)cc1. The summed E-state index contributed by atoms with van der Waals surface area (Å²) in [5.41, 5.74) is 2.59. The van der Waals surface area contributed by atoms with Gasteiger partial charge in [0.05, 0.1) is 5.75 Å². The first kappa shape index (κ1) is 17.1. The molecule has 0 N–H and O–H groups in total. The summed E-state index contributed by atoms with van der Waals surface area (Å²) in [6.07, 6.45) is 1.04. The molecule has 0 unspecified atom stereocenters. The van der Waals surface area contributed by atoms with Crippen molar-refractivity contribution in [3.8, 4) is 0 Å². The predicted molar refractivity (Wildman–Crippen MR) is 90.4 cm³/mol. The first-order valence-corrected chi connectivity index (χ1v) is 9.69. The molecule has 2 aromatic rings. The lowest BCUT2D eigenvalue weighted by molar-refractivity contribution is 0.408. The quantitative estimate of drug-likeness (QED) is 0.774. The van der Waals surface area contributed by atoms with Crippen LogP contribution >= 0.6 is 11.8 Å². The molecule has 0 aliphatic rings. The van der Waals surface area contributed by atoms with E-state index in [1.165, 1.54) is 31.3 Å². The third kappa shape index (κ3) is 4.15. The number of nitrogens with zero attached hydrogens (tertiary/aromatic N) is 1. The second kappa shape index (κ2) is 7.35. The van der Waals surface area contributed by atoms with E-state index in [9.17, 15) is 8.42 Å². The fraction of sp³-hybridized carbons (Fsp3) is 0.375. The summed E-state index contributed by atoms with van der Waals surface area (Å²) >= 11 is 1.70. The van der Waals surface area contributed by atoms with Crippen molar-refractivity contribution in [2.75, 3.05) is 14.1 Å². The molecule has 1 aromatic carbocycles. The average molecular weight is 339 g/mol. The molecule has 0 amide bonds. The Bertz CT molecular complexity index is 703. The Hall–Kier alpha value is -1.24. The normalized spacial score (nSPS) is 12.0. The fourth-order valence-electron chi connectivity index (χ4n) is 1.90. The second-order valence-corrected chi connectivity index (χ2v) is 8.24. The van der Waals surface area contributed by atoms with Crippen LogP contribution in [0.5, 0.6) is 0 Å². The molecule has 120 valence electrons. The monoisotopic (exact) mass is 339 g/mol.